The number of hydrogen-bond donors (Lipinski definition) is 3. The number of nitrogens with one attached hydrogen (secondary N) is 2. The zero-order chi connectivity index (χ0) is 43.5. The van der Waals surface area contributed by atoms with Crippen molar-refractivity contribution in [3.8, 4) is 0 Å². The lowest BCUT2D eigenvalue weighted by Gasteiger charge is -2.37. The maximum Gasteiger partial charge on any atom is 0.320 e. The maximum atomic E-state index is 13.4. The Morgan fingerprint density at radius 1 is 0.794 bits per heavy atom. The number of amides is 7. The van der Waals surface area contributed by atoms with Crippen molar-refractivity contribution in [1.29, 1.82) is 0 Å². The Hall–Kier alpha value is -6.30. The molecule has 2 aromatic carbocycles. The quantitative estimate of drug-likeness (QED) is 0.251. The number of rotatable bonds is 10. The van der Waals surface area contributed by atoms with Crippen LogP contribution in [-0.2, 0) is 9.59 Å². The Labute approximate surface area is 365 Å². The first-order valence-corrected chi connectivity index (χ1v) is 22.4. The highest BCUT2D eigenvalue weighted by molar-refractivity contribution is 6.23. The predicted molar refractivity (Wildman–Crippen MR) is 234 cm³/mol. The molecule has 7 aliphatic rings. The molecule has 10 rings (SSSR count). The van der Waals surface area contributed by atoms with Gasteiger partial charge in [0.15, 0.2) is 11.5 Å². The fraction of sp³-hybridized carbons (Fsp3) is 0.511. The van der Waals surface area contributed by atoms with Crippen LogP contribution in [0.2, 0.25) is 0 Å². The zero-order valence-corrected chi connectivity index (χ0v) is 35.6. The number of likely N-dealkylation sites (N-methyl/N-ethyl adjacent to an activating group) is 1. The number of anilines is 5. The smallest absolute Gasteiger partial charge is 0.320 e. The Morgan fingerprint density at radius 2 is 1.52 bits per heavy atom. The van der Waals surface area contributed by atoms with E-state index in [1.54, 1.807) is 23.2 Å². The molecule has 7 aliphatic heterocycles. The second kappa shape index (κ2) is 16.4. The summed E-state index contributed by atoms with van der Waals surface area (Å²) in [5.41, 5.74) is 9.27. The van der Waals surface area contributed by atoms with Crippen molar-refractivity contribution in [1.82, 2.24) is 34.9 Å². The van der Waals surface area contributed by atoms with Crippen LogP contribution < -0.4 is 31.1 Å². The lowest BCUT2D eigenvalue weighted by Crippen LogP contribution is -2.54. The summed E-state index contributed by atoms with van der Waals surface area (Å²) in [5, 5.41) is 5.56. The average molecular weight is 859 g/mol. The normalized spacial score (nSPS) is 25.6. The van der Waals surface area contributed by atoms with E-state index < -0.39 is 29.7 Å². The fourth-order valence-electron chi connectivity index (χ4n) is 11.0. The Bertz CT molecular complexity index is 2340. The molecule has 0 spiro atoms. The van der Waals surface area contributed by atoms with Crippen LogP contribution in [0.25, 0.3) is 0 Å². The third kappa shape index (κ3) is 7.78. The van der Waals surface area contributed by atoms with Gasteiger partial charge in [-0.25, -0.2) is 14.8 Å². The molecule has 4 N–H and O–H groups in total. The molecule has 0 saturated carbocycles. The number of aromatic nitrogens is 2. The highest BCUT2D eigenvalue weighted by atomic mass is 16.2. The number of imide groups is 2. The SMILES string of the molecule is CN1CCN([C@@H]2CCCN(c3cnc(C(N)=O)c(Nc4ccc(N5CC6CN(CC7CCN(c8ccc9c(c8)C(=O)N(C8CCC(=O)NC8=O)C9=O)CC7)CC6C5)cc4)n3)C2)C1=O. The van der Waals surface area contributed by atoms with E-state index in [4.69, 9.17) is 10.7 Å². The van der Waals surface area contributed by atoms with Crippen molar-refractivity contribution in [2.45, 2.75) is 50.6 Å². The fourth-order valence-corrected chi connectivity index (χ4v) is 11.0. The van der Waals surface area contributed by atoms with E-state index in [1.165, 1.54) is 0 Å². The Kier molecular flexibility index (Phi) is 10.6. The third-order valence-electron chi connectivity index (χ3n) is 14.4. The second-order valence-electron chi connectivity index (χ2n) is 18.4. The van der Waals surface area contributed by atoms with Crippen LogP contribution >= 0.6 is 0 Å². The monoisotopic (exact) mass is 858 g/mol. The minimum absolute atomic E-state index is 0.0628. The number of likely N-dealkylation sites (tertiary alicyclic amines) is 1. The van der Waals surface area contributed by atoms with Gasteiger partial charge in [-0.3, -0.25) is 34.2 Å². The van der Waals surface area contributed by atoms with Gasteiger partial charge in [0.2, 0.25) is 11.8 Å². The van der Waals surface area contributed by atoms with E-state index in [0.29, 0.717) is 47.1 Å². The van der Waals surface area contributed by atoms with E-state index in [1.807, 2.05) is 30.1 Å². The molecule has 0 bridgehead atoms. The van der Waals surface area contributed by atoms with Crippen LogP contribution in [-0.4, -0.2) is 156 Å². The van der Waals surface area contributed by atoms with Gasteiger partial charge < -0.3 is 40.4 Å². The van der Waals surface area contributed by atoms with Crippen molar-refractivity contribution in [3.63, 3.8) is 0 Å². The molecular weight excluding hydrogens is 805 g/mol. The van der Waals surface area contributed by atoms with Crippen LogP contribution in [0.15, 0.2) is 48.7 Å². The van der Waals surface area contributed by atoms with Crippen molar-refractivity contribution in [2.24, 2.45) is 23.5 Å². The highest BCUT2D eigenvalue weighted by Crippen LogP contribution is 2.37. The van der Waals surface area contributed by atoms with Gasteiger partial charge in [-0.15, -0.1) is 0 Å². The summed E-state index contributed by atoms with van der Waals surface area (Å²) in [6.45, 7) is 9.86. The molecule has 63 heavy (non-hydrogen) atoms. The van der Waals surface area contributed by atoms with Crippen LogP contribution in [0.1, 0.15) is 69.7 Å². The molecule has 7 amide bonds. The zero-order valence-electron chi connectivity index (χ0n) is 35.6. The number of nitrogens with two attached hydrogens (primary N) is 1. The van der Waals surface area contributed by atoms with E-state index in [2.05, 4.69) is 47.3 Å². The van der Waals surface area contributed by atoms with E-state index in [9.17, 15) is 28.8 Å². The topological polar surface area (TPSA) is 201 Å². The van der Waals surface area contributed by atoms with Crippen molar-refractivity contribution in [2.75, 3.05) is 99.1 Å². The van der Waals surface area contributed by atoms with Gasteiger partial charge >= 0.3 is 6.03 Å². The Balaban J connectivity index is 0.703. The number of benzene rings is 2. The van der Waals surface area contributed by atoms with Crippen molar-refractivity contribution < 1.29 is 28.8 Å². The number of primary amides is 1. The third-order valence-corrected chi connectivity index (χ3v) is 14.4. The highest BCUT2D eigenvalue weighted by Gasteiger charge is 2.45. The second-order valence-corrected chi connectivity index (χ2v) is 18.4. The standard InChI is InChI=1S/C45H54N12O6/c1-51-17-18-56(45(51)63)33-3-2-14-54(26-33)37-20-47-39(40(46)59)41(49-37)48-30-4-6-31(7-5-30)55-24-28-22-52(23-29(28)25-55)21-27-12-15-53(16-13-27)32-8-9-34-35(19-32)44(62)57(43(34)61)36-10-11-38(58)50-42(36)60/h4-9,19-20,27-29,33,36H,2-3,10-18,21-26H2,1H3,(H2,46,59)(H,48,49)(H,50,58,60)/t28?,29?,33-,36?/m1/s1. The van der Waals surface area contributed by atoms with Crippen LogP contribution in [0.5, 0.6) is 0 Å². The first-order valence-electron chi connectivity index (χ1n) is 22.4. The van der Waals surface area contributed by atoms with Crippen LogP contribution in [0.4, 0.5) is 33.5 Å². The first-order chi connectivity index (χ1) is 30.5. The largest absolute Gasteiger partial charge is 0.371 e. The molecular formula is C45H54N12O6. The molecule has 18 nitrogen and oxygen atoms in total. The summed E-state index contributed by atoms with van der Waals surface area (Å²) >= 11 is 0. The molecule has 330 valence electrons. The van der Waals surface area contributed by atoms with Crippen LogP contribution in [0, 0.1) is 17.8 Å². The molecule has 3 aromatic rings. The molecule has 6 fully saturated rings. The molecule has 3 unspecified atom stereocenters. The maximum absolute atomic E-state index is 13.4. The number of urea groups is 1. The number of carbonyl (C=O) groups is 6. The summed E-state index contributed by atoms with van der Waals surface area (Å²) < 4.78 is 0. The summed E-state index contributed by atoms with van der Waals surface area (Å²) in [6.07, 6.45) is 5.77. The lowest BCUT2D eigenvalue weighted by molar-refractivity contribution is -0.136. The number of hydrogen-bond acceptors (Lipinski definition) is 13. The van der Waals surface area contributed by atoms with E-state index in [0.717, 1.165) is 113 Å². The molecule has 6 saturated heterocycles. The average Bonchev–Trinajstić information content (AvgIpc) is 4.02. The van der Waals surface area contributed by atoms with Crippen molar-refractivity contribution >= 4 is 64.3 Å². The number of nitrogens with zero attached hydrogens (tertiary/aromatic N) is 9. The number of carbonyl (C=O) groups excluding carboxylic acids is 6. The summed E-state index contributed by atoms with van der Waals surface area (Å²) in [7, 11) is 1.83. The summed E-state index contributed by atoms with van der Waals surface area (Å²) in [5.74, 6) is 0.126. The molecule has 0 radical (unpaired) electrons. The molecule has 0 aliphatic carbocycles. The molecule has 1 aromatic heterocycles. The minimum atomic E-state index is -0.971. The molecule has 4 atom stereocenters. The van der Waals surface area contributed by atoms with Crippen molar-refractivity contribution in [3.05, 3.63) is 65.5 Å². The van der Waals surface area contributed by atoms with Gasteiger partial charge in [-0.1, -0.05) is 0 Å². The van der Waals surface area contributed by atoms with Gasteiger partial charge in [-0.2, -0.15) is 0 Å². The van der Waals surface area contributed by atoms with E-state index in [-0.39, 0.29) is 36.5 Å². The summed E-state index contributed by atoms with van der Waals surface area (Å²) in [6, 6.07) is 12.8. The van der Waals surface area contributed by atoms with Gasteiger partial charge in [0, 0.05) is 103 Å². The van der Waals surface area contributed by atoms with Gasteiger partial charge in [0.1, 0.15) is 11.9 Å². The lowest BCUT2D eigenvalue weighted by atomic mass is 9.95. The Morgan fingerprint density at radius 3 is 2.22 bits per heavy atom. The first kappa shape index (κ1) is 40.8. The minimum Gasteiger partial charge on any atom is -0.371 e. The predicted octanol–water partition coefficient (Wildman–Crippen LogP) is 2.34. The number of piperidine rings is 3. The molecule has 8 heterocycles. The number of fused-ring (bicyclic) bond motifs is 2. The van der Waals surface area contributed by atoms with Crippen LogP contribution in [0.3, 0.4) is 0 Å². The molecule has 18 heteroatoms. The van der Waals surface area contributed by atoms with Gasteiger partial charge in [0.25, 0.3) is 17.7 Å². The van der Waals surface area contributed by atoms with Gasteiger partial charge in [-0.05, 0) is 92.3 Å². The summed E-state index contributed by atoms with van der Waals surface area (Å²) in [4.78, 5) is 99.3. The van der Waals surface area contributed by atoms with E-state index >= 15 is 0 Å². The van der Waals surface area contributed by atoms with Gasteiger partial charge in [0.05, 0.1) is 23.4 Å².